The summed E-state index contributed by atoms with van der Waals surface area (Å²) in [6, 6.07) is 13.4. The standard InChI is InChI=1S/C24H27ClN4O4/c1-15-13-28(10-11-29(15)17-5-7-18(32-2)8-6-17)14-21(30)27-22-19-12-16(25)4-9-20(19)26-23(22)24(31)33-3/h4-9,12,15,26H,10-11,13-14H2,1-3H3,(H,27,30). The van der Waals surface area contributed by atoms with E-state index in [1.807, 2.05) is 24.3 Å². The molecule has 1 saturated heterocycles. The number of nitrogens with one attached hydrogen (secondary N) is 2. The largest absolute Gasteiger partial charge is 0.497 e. The number of H-pyrrole nitrogens is 1. The molecule has 1 aromatic heterocycles. The summed E-state index contributed by atoms with van der Waals surface area (Å²) in [6.07, 6.45) is 0. The van der Waals surface area contributed by atoms with Crippen molar-refractivity contribution in [2.24, 2.45) is 0 Å². The SMILES string of the molecule is COC(=O)c1[nH]c2ccc(Cl)cc2c1NC(=O)CN1CCN(c2ccc(OC)cc2)C(C)C1. The number of rotatable bonds is 6. The summed E-state index contributed by atoms with van der Waals surface area (Å²) in [4.78, 5) is 32.6. The number of piperazine rings is 1. The molecule has 8 nitrogen and oxygen atoms in total. The van der Waals surface area contributed by atoms with Gasteiger partial charge in [0.05, 0.1) is 26.5 Å². The molecule has 2 heterocycles. The third kappa shape index (κ3) is 4.91. The van der Waals surface area contributed by atoms with Gasteiger partial charge in [-0.3, -0.25) is 9.69 Å². The highest BCUT2D eigenvalue weighted by atomic mass is 35.5. The Morgan fingerprint density at radius 1 is 1.15 bits per heavy atom. The minimum absolute atomic E-state index is 0.195. The second-order valence-corrected chi connectivity index (χ2v) is 8.52. The molecule has 2 N–H and O–H groups in total. The van der Waals surface area contributed by atoms with Crippen LogP contribution in [0.3, 0.4) is 0 Å². The van der Waals surface area contributed by atoms with Crippen LogP contribution in [0.1, 0.15) is 17.4 Å². The highest BCUT2D eigenvalue weighted by Gasteiger charge is 2.26. The molecule has 0 saturated carbocycles. The van der Waals surface area contributed by atoms with Gasteiger partial charge in [-0.1, -0.05) is 11.6 Å². The quantitative estimate of drug-likeness (QED) is 0.533. The lowest BCUT2D eigenvalue weighted by Gasteiger charge is -2.41. The summed E-state index contributed by atoms with van der Waals surface area (Å²) in [7, 11) is 2.95. The van der Waals surface area contributed by atoms with Crippen molar-refractivity contribution in [1.29, 1.82) is 0 Å². The molecule has 2 aromatic carbocycles. The Morgan fingerprint density at radius 3 is 2.58 bits per heavy atom. The van der Waals surface area contributed by atoms with Crippen molar-refractivity contribution in [3.8, 4) is 5.75 Å². The Hall–Kier alpha value is -3.23. The van der Waals surface area contributed by atoms with Crippen LogP contribution in [0.25, 0.3) is 10.9 Å². The van der Waals surface area contributed by atoms with Gasteiger partial charge in [0.1, 0.15) is 11.4 Å². The first kappa shape index (κ1) is 22.9. The monoisotopic (exact) mass is 470 g/mol. The molecule has 9 heteroatoms. The van der Waals surface area contributed by atoms with E-state index in [2.05, 4.69) is 27.0 Å². The fraction of sp³-hybridized carbons (Fsp3) is 0.333. The zero-order valence-corrected chi connectivity index (χ0v) is 19.6. The molecule has 1 aliphatic rings. The molecule has 1 atom stereocenters. The second-order valence-electron chi connectivity index (χ2n) is 8.08. The number of benzene rings is 2. The highest BCUT2D eigenvalue weighted by Crippen LogP contribution is 2.31. The molecule has 0 radical (unpaired) electrons. The summed E-state index contributed by atoms with van der Waals surface area (Å²) >= 11 is 6.14. The van der Waals surface area contributed by atoms with Gasteiger partial charge in [0, 0.05) is 47.3 Å². The molecule has 0 aliphatic carbocycles. The number of carbonyl (C=O) groups excluding carboxylic acids is 2. The number of esters is 1. The highest BCUT2D eigenvalue weighted by molar-refractivity contribution is 6.31. The predicted molar refractivity (Wildman–Crippen MR) is 130 cm³/mol. The molecule has 174 valence electrons. The summed E-state index contributed by atoms with van der Waals surface area (Å²) in [5.41, 5.74) is 2.40. The molecule has 4 rings (SSSR count). The van der Waals surface area contributed by atoms with E-state index in [4.69, 9.17) is 21.1 Å². The van der Waals surface area contributed by atoms with E-state index < -0.39 is 5.97 Å². The van der Waals surface area contributed by atoms with Crippen molar-refractivity contribution in [3.63, 3.8) is 0 Å². The lowest BCUT2D eigenvalue weighted by molar-refractivity contribution is -0.117. The first-order chi connectivity index (χ1) is 15.9. The number of amides is 1. The maximum Gasteiger partial charge on any atom is 0.356 e. The second kappa shape index (κ2) is 9.72. The number of anilines is 2. The van der Waals surface area contributed by atoms with Gasteiger partial charge < -0.3 is 24.7 Å². The van der Waals surface area contributed by atoms with Crippen LogP contribution in [0, 0.1) is 0 Å². The van der Waals surface area contributed by atoms with Gasteiger partial charge in [0.2, 0.25) is 5.91 Å². The maximum absolute atomic E-state index is 12.9. The van der Waals surface area contributed by atoms with Crippen molar-refractivity contribution >= 4 is 45.8 Å². The number of methoxy groups -OCH3 is 2. The molecular weight excluding hydrogens is 444 g/mol. The average Bonchev–Trinajstić information content (AvgIpc) is 3.16. The van der Waals surface area contributed by atoms with Crippen LogP contribution < -0.4 is 15.0 Å². The molecular formula is C24H27ClN4O4. The van der Waals surface area contributed by atoms with Crippen LogP contribution >= 0.6 is 11.6 Å². The van der Waals surface area contributed by atoms with E-state index in [-0.39, 0.29) is 24.2 Å². The number of hydrogen-bond acceptors (Lipinski definition) is 6. The lowest BCUT2D eigenvalue weighted by Crippen LogP contribution is -2.53. The van der Waals surface area contributed by atoms with Gasteiger partial charge in [0.15, 0.2) is 0 Å². The number of halogens is 1. The summed E-state index contributed by atoms with van der Waals surface area (Å²) < 4.78 is 10.1. The van der Waals surface area contributed by atoms with Crippen molar-refractivity contribution in [2.45, 2.75) is 13.0 Å². The van der Waals surface area contributed by atoms with E-state index in [9.17, 15) is 9.59 Å². The number of hydrogen-bond donors (Lipinski definition) is 2. The van der Waals surface area contributed by atoms with Crippen LogP contribution in [-0.2, 0) is 9.53 Å². The minimum Gasteiger partial charge on any atom is -0.497 e. The van der Waals surface area contributed by atoms with Gasteiger partial charge in [-0.2, -0.15) is 0 Å². The fourth-order valence-corrected chi connectivity index (χ4v) is 4.44. The van der Waals surface area contributed by atoms with Gasteiger partial charge in [-0.15, -0.1) is 0 Å². The maximum atomic E-state index is 12.9. The van der Waals surface area contributed by atoms with Crippen LogP contribution in [0.2, 0.25) is 5.02 Å². The Balaban J connectivity index is 1.44. The molecule has 0 bridgehead atoms. The molecule has 1 aliphatic heterocycles. The smallest absolute Gasteiger partial charge is 0.356 e. The molecule has 0 spiro atoms. The number of ether oxygens (including phenoxy) is 2. The normalized spacial score (nSPS) is 16.6. The van der Waals surface area contributed by atoms with E-state index >= 15 is 0 Å². The topological polar surface area (TPSA) is 86.9 Å². The van der Waals surface area contributed by atoms with Crippen molar-refractivity contribution in [3.05, 3.63) is 53.2 Å². The number of fused-ring (bicyclic) bond motifs is 1. The fourth-order valence-electron chi connectivity index (χ4n) is 4.27. The molecule has 1 unspecified atom stereocenters. The molecule has 1 amide bonds. The minimum atomic E-state index is -0.556. The Labute approximate surface area is 197 Å². The summed E-state index contributed by atoms with van der Waals surface area (Å²) in [5, 5.41) is 4.07. The summed E-state index contributed by atoms with van der Waals surface area (Å²) in [5.74, 6) is 0.0667. The number of aromatic nitrogens is 1. The molecule has 33 heavy (non-hydrogen) atoms. The van der Waals surface area contributed by atoms with Gasteiger partial charge >= 0.3 is 5.97 Å². The molecule has 3 aromatic rings. The first-order valence-corrected chi connectivity index (χ1v) is 11.1. The van der Waals surface area contributed by atoms with Crippen molar-refractivity contribution in [1.82, 2.24) is 9.88 Å². The Kier molecular flexibility index (Phi) is 6.76. The zero-order chi connectivity index (χ0) is 23.5. The van der Waals surface area contributed by atoms with Crippen LogP contribution in [0.5, 0.6) is 5.75 Å². The van der Waals surface area contributed by atoms with E-state index in [1.165, 1.54) is 7.11 Å². The lowest BCUT2D eigenvalue weighted by atomic mass is 10.1. The van der Waals surface area contributed by atoms with Crippen LogP contribution in [0.15, 0.2) is 42.5 Å². The first-order valence-electron chi connectivity index (χ1n) is 10.7. The van der Waals surface area contributed by atoms with E-state index in [0.717, 1.165) is 31.1 Å². The van der Waals surface area contributed by atoms with Gasteiger partial charge in [-0.05, 0) is 49.4 Å². The summed E-state index contributed by atoms with van der Waals surface area (Å²) in [6.45, 7) is 4.65. The third-order valence-corrected chi connectivity index (χ3v) is 6.13. The van der Waals surface area contributed by atoms with E-state index in [0.29, 0.717) is 21.6 Å². The van der Waals surface area contributed by atoms with Crippen LogP contribution in [0.4, 0.5) is 11.4 Å². The average molecular weight is 471 g/mol. The van der Waals surface area contributed by atoms with E-state index in [1.54, 1.807) is 25.3 Å². The van der Waals surface area contributed by atoms with Crippen molar-refractivity contribution in [2.75, 3.05) is 50.6 Å². The number of aromatic amines is 1. The van der Waals surface area contributed by atoms with Crippen LogP contribution in [-0.4, -0.2) is 68.2 Å². The van der Waals surface area contributed by atoms with Gasteiger partial charge in [-0.25, -0.2) is 4.79 Å². The number of carbonyl (C=O) groups is 2. The Bertz CT molecular complexity index is 1160. The van der Waals surface area contributed by atoms with Crippen molar-refractivity contribution < 1.29 is 19.1 Å². The zero-order valence-electron chi connectivity index (χ0n) is 18.9. The third-order valence-electron chi connectivity index (χ3n) is 5.90. The Morgan fingerprint density at radius 2 is 1.91 bits per heavy atom. The number of nitrogens with zero attached hydrogens (tertiary/aromatic N) is 2. The molecule has 1 fully saturated rings. The van der Waals surface area contributed by atoms with Gasteiger partial charge in [0.25, 0.3) is 0 Å². The predicted octanol–water partition coefficient (Wildman–Crippen LogP) is 3.77.